The minimum atomic E-state index is -1.14. The van der Waals surface area contributed by atoms with Gasteiger partial charge in [-0.3, -0.25) is 19.2 Å². The molecule has 0 aliphatic heterocycles. The number of carboxylic acid groups (broad SMARTS) is 1. The monoisotopic (exact) mass is 964 g/mol. The van der Waals surface area contributed by atoms with Crippen molar-refractivity contribution in [3.63, 3.8) is 0 Å². The van der Waals surface area contributed by atoms with Gasteiger partial charge in [0, 0.05) is 59.6 Å². The first-order valence-electron chi connectivity index (χ1n) is 20.1. The number of aliphatic hydroxyl groups excluding tert-OH is 1. The average molecular weight is 964 g/mol. The van der Waals surface area contributed by atoms with Crippen molar-refractivity contribution in [3.8, 4) is 0 Å². The number of nitrogens with two attached hydrogens (primary N) is 1. The molecule has 326 valence electrons. The van der Waals surface area contributed by atoms with E-state index < -0.39 is 17.9 Å². The van der Waals surface area contributed by atoms with Crippen LogP contribution in [0.2, 0.25) is 0 Å². The Hall–Kier alpha value is -2.00. The quantitative estimate of drug-likeness (QED) is 0.0554. The number of Topliss-reactive ketones (excluding diaryl/α,β-unsaturated/α-hetero) is 1. The summed E-state index contributed by atoms with van der Waals surface area (Å²) >= 11 is 0. The number of ketones is 1. The van der Waals surface area contributed by atoms with E-state index in [1.54, 1.807) is 0 Å². The fourth-order valence-corrected chi connectivity index (χ4v) is 4.98. The topological polar surface area (TPSA) is 244 Å². The molecular formula is C39H77N3O12W. The molecule has 0 saturated heterocycles. The molecule has 16 heteroatoms. The van der Waals surface area contributed by atoms with Gasteiger partial charge < -0.3 is 51.0 Å². The largest absolute Gasteiger partial charge is 0.480 e. The van der Waals surface area contributed by atoms with Crippen molar-refractivity contribution in [2.24, 2.45) is 11.7 Å². The summed E-state index contributed by atoms with van der Waals surface area (Å²) in [4.78, 5) is 56.4. The van der Waals surface area contributed by atoms with E-state index in [9.17, 15) is 24.0 Å². The van der Waals surface area contributed by atoms with Crippen molar-refractivity contribution in [3.05, 3.63) is 0 Å². The molecular weight excluding hydrogens is 886 g/mol. The molecule has 0 aliphatic carbocycles. The fourth-order valence-electron chi connectivity index (χ4n) is 4.98. The molecule has 0 aromatic heterocycles. The summed E-state index contributed by atoms with van der Waals surface area (Å²) < 4.78 is 20.6. The molecule has 0 spiro atoms. The number of hydrogen-bond donors (Lipinski definition) is 5. The molecule has 15 nitrogen and oxygen atoms in total. The number of unbranched alkanes of at least 4 members (excludes halogenated alkanes) is 15. The minimum absolute atomic E-state index is 0. The Kier molecular flexibility index (Phi) is 50.3. The third kappa shape index (κ3) is 48.1. The molecule has 0 unspecified atom stereocenters. The summed E-state index contributed by atoms with van der Waals surface area (Å²) in [5.41, 5.74) is 5.03. The predicted molar refractivity (Wildman–Crippen MR) is 209 cm³/mol. The second-order valence-electron chi connectivity index (χ2n) is 13.5. The molecule has 55 heavy (non-hydrogen) atoms. The van der Waals surface area contributed by atoms with E-state index in [0.717, 1.165) is 32.1 Å². The minimum Gasteiger partial charge on any atom is -0.480 e. The van der Waals surface area contributed by atoms with E-state index in [1.807, 2.05) is 20.8 Å². The van der Waals surface area contributed by atoms with Crippen molar-refractivity contribution in [2.45, 2.75) is 149 Å². The van der Waals surface area contributed by atoms with Crippen molar-refractivity contribution in [2.75, 3.05) is 66.0 Å². The Morgan fingerprint density at radius 2 is 1.07 bits per heavy atom. The molecule has 8 N–H and O–H groups in total. The molecule has 0 fully saturated rings. The molecule has 0 aliphatic rings. The zero-order valence-corrected chi connectivity index (χ0v) is 37.1. The van der Waals surface area contributed by atoms with Crippen molar-refractivity contribution in [1.82, 2.24) is 10.6 Å². The summed E-state index contributed by atoms with van der Waals surface area (Å²) in [7, 11) is 0. The number of primary amides is 1. The number of carbonyl (C=O) groups excluding carboxylic acids is 4. The van der Waals surface area contributed by atoms with Crippen molar-refractivity contribution >= 4 is 29.5 Å². The van der Waals surface area contributed by atoms with Gasteiger partial charge in [0.05, 0.1) is 33.0 Å². The van der Waals surface area contributed by atoms with Gasteiger partial charge in [0.15, 0.2) is 5.78 Å². The number of rotatable bonds is 38. The standard InChI is InChI=1S/C24H46N2O5.C15H29NO6.H2O.W/c25-22(28)19-18-21(24(30)31)26-23(29)17-15-13-11-9-7-5-3-1-2-4-6-8-10-12-14-16-20-27;1-4-19-7-9-22-12-15(18)16-5-6-20-8-10-21-11-14(17)13(2)3;;/h21,27H,1-20H2,(H2,25,28)(H,26,29)(H,30,31);13H,4-12H2,1-3H3,(H,16,18);1H2;/t21-;;;/m0.../s1. The summed E-state index contributed by atoms with van der Waals surface area (Å²) in [5, 5.41) is 23.0. The van der Waals surface area contributed by atoms with Gasteiger partial charge >= 0.3 is 5.97 Å². The number of carboxylic acids is 1. The zero-order valence-electron chi connectivity index (χ0n) is 34.2. The molecule has 0 radical (unpaired) electrons. The number of hydrogen-bond acceptors (Lipinski definition) is 10. The van der Waals surface area contributed by atoms with Crippen LogP contribution in [0.15, 0.2) is 0 Å². The number of aliphatic carboxylic acids is 1. The van der Waals surface area contributed by atoms with E-state index in [2.05, 4.69) is 10.6 Å². The number of aliphatic hydroxyl groups is 1. The van der Waals surface area contributed by atoms with Crippen molar-refractivity contribution in [1.29, 1.82) is 0 Å². The van der Waals surface area contributed by atoms with Crippen LogP contribution in [0.1, 0.15) is 143 Å². The molecule has 0 aromatic carbocycles. The third-order valence-electron chi connectivity index (χ3n) is 8.26. The maximum Gasteiger partial charge on any atom is 0.326 e. The van der Waals surface area contributed by atoms with Gasteiger partial charge in [0.25, 0.3) is 0 Å². The van der Waals surface area contributed by atoms with Crippen LogP contribution >= 0.6 is 0 Å². The zero-order chi connectivity index (χ0) is 39.8. The first kappa shape index (κ1) is 59.7. The van der Waals surface area contributed by atoms with Gasteiger partial charge in [-0.1, -0.05) is 104 Å². The predicted octanol–water partition coefficient (Wildman–Crippen LogP) is 4.03. The van der Waals surface area contributed by atoms with Crippen LogP contribution in [-0.4, -0.2) is 117 Å². The maximum atomic E-state index is 11.9. The van der Waals surface area contributed by atoms with Gasteiger partial charge in [0.1, 0.15) is 19.3 Å². The number of amides is 3. The molecule has 0 saturated carbocycles. The van der Waals surface area contributed by atoms with E-state index >= 15 is 0 Å². The molecule has 0 bridgehead atoms. The van der Waals surface area contributed by atoms with Crippen LogP contribution in [0.4, 0.5) is 0 Å². The Morgan fingerprint density at radius 1 is 0.618 bits per heavy atom. The number of carbonyl (C=O) groups is 5. The van der Waals surface area contributed by atoms with E-state index in [1.165, 1.54) is 70.6 Å². The van der Waals surface area contributed by atoms with Crippen LogP contribution in [0.5, 0.6) is 0 Å². The summed E-state index contributed by atoms with van der Waals surface area (Å²) in [6.45, 7) is 9.16. The van der Waals surface area contributed by atoms with E-state index in [4.69, 9.17) is 34.9 Å². The van der Waals surface area contributed by atoms with Crippen molar-refractivity contribution < 1.29 is 79.7 Å². The Balaban J connectivity index is -0.000000481. The maximum absolute atomic E-state index is 11.9. The number of nitrogens with one attached hydrogen (secondary N) is 2. The van der Waals surface area contributed by atoms with Gasteiger partial charge in [0.2, 0.25) is 17.7 Å². The third-order valence-corrected chi connectivity index (χ3v) is 8.26. The van der Waals surface area contributed by atoms with Crippen LogP contribution in [0.3, 0.4) is 0 Å². The van der Waals surface area contributed by atoms with Crippen LogP contribution < -0.4 is 16.4 Å². The fraction of sp³-hybridized carbons (Fsp3) is 0.872. The summed E-state index contributed by atoms with van der Waals surface area (Å²) in [6, 6.07) is -1.04. The first-order chi connectivity index (χ1) is 25.5. The van der Waals surface area contributed by atoms with E-state index in [0.29, 0.717) is 59.2 Å². The Morgan fingerprint density at radius 3 is 1.53 bits per heavy atom. The molecule has 1 atom stereocenters. The molecule has 0 rings (SSSR count). The van der Waals surface area contributed by atoms with Crippen LogP contribution in [0, 0.1) is 5.92 Å². The molecule has 0 heterocycles. The first-order valence-corrected chi connectivity index (χ1v) is 20.1. The molecule has 3 amide bonds. The van der Waals surface area contributed by atoms with Gasteiger partial charge in [-0.15, -0.1) is 0 Å². The normalized spacial score (nSPS) is 11.1. The van der Waals surface area contributed by atoms with Crippen LogP contribution in [-0.2, 0) is 64.0 Å². The van der Waals surface area contributed by atoms with Crippen LogP contribution in [0.25, 0.3) is 0 Å². The Labute approximate surface area is 345 Å². The second kappa shape index (κ2) is 46.4. The van der Waals surface area contributed by atoms with Gasteiger partial charge in [-0.2, -0.15) is 0 Å². The average Bonchev–Trinajstić information content (AvgIpc) is 3.12. The Bertz CT molecular complexity index is 915. The smallest absolute Gasteiger partial charge is 0.326 e. The second-order valence-corrected chi connectivity index (χ2v) is 13.5. The van der Waals surface area contributed by atoms with Gasteiger partial charge in [-0.25, -0.2) is 4.79 Å². The van der Waals surface area contributed by atoms with Gasteiger partial charge in [-0.05, 0) is 26.2 Å². The summed E-state index contributed by atoms with van der Waals surface area (Å²) in [5.74, 6) is -2.09. The van der Waals surface area contributed by atoms with E-state index in [-0.39, 0.29) is 76.1 Å². The molecule has 0 aromatic rings. The SMILES string of the molecule is CCOCCOCC(=O)NCCOCCOCC(=O)C(C)C.NC(=O)CC[C@H](NC(=O)CCCCCCCCCCCCCCCCCCO)C(=O)O.O.[W]. The number of ether oxygens (including phenoxy) is 4. The summed E-state index contributed by atoms with van der Waals surface area (Å²) in [6.07, 6.45) is 19.5.